The molecule has 1 aromatic heterocycles. The Morgan fingerprint density at radius 3 is 2.22 bits per heavy atom. The Morgan fingerprint density at radius 1 is 0.927 bits per heavy atom. The molecule has 0 aliphatic carbocycles. The lowest BCUT2D eigenvalue weighted by molar-refractivity contribution is 0.0391. The first kappa shape index (κ1) is 28.5. The summed E-state index contributed by atoms with van der Waals surface area (Å²) in [5.41, 5.74) is 3.86. The van der Waals surface area contributed by atoms with E-state index in [9.17, 15) is 9.59 Å². The van der Waals surface area contributed by atoms with Crippen LogP contribution in [0.3, 0.4) is 0 Å². The van der Waals surface area contributed by atoms with Crippen molar-refractivity contribution in [3.8, 4) is 6.07 Å². The number of nitrogens with one attached hydrogen (secondary N) is 1. The van der Waals surface area contributed by atoms with Gasteiger partial charge in [0.15, 0.2) is 0 Å². The smallest absolute Gasteiger partial charge is 0.270 e. The van der Waals surface area contributed by atoms with E-state index in [-0.39, 0.29) is 23.4 Å². The molecule has 2 amide bonds. The van der Waals surface area contributed by atoms with Gasteiger partial charge < -0.3 is 10.2 Å². The summed E-state index contributed by atoms with van der Waals surface area (Å²) in [5.74, 6) is -0.248. The molecule has 212 valence electrons. The van der Waals surface area contributed by atoms with Crippen LogP contribution < -0.4 is 5.32 Å². The highest BCUT2D eigenvalue weighted by Crippen LogP contribution is 2.28. The fourth-order valence-corrected chi connectivity index (χ4v) is 5.77. The molecule has 0 saturated carbocycles. The SMILES string of the molecule is CC(C)(c1ccccc1)N1CCN(C(=O)c2ccc(C(=O)NC3CCN(Cc4ccc(C#N)cc4)CC3)nc2)CC1. The predicted molar refractivity (Wildman–Crippen MR) is 158 cm³/mol. The first-order valence-corrected chi connectivity index (χ1v) is 14.4. The van der Waals surface area contributed by atoms with Crippen LogP contribution in [0.25, 0.3) is 0 Å². The number of nitrogens with zero attached hydrogens (tertiary/aromatic N) is 5. The van der Waals surface area contributed by atoms with Gasteiger partial charge in [-0.3, -0.25) is 24.4 Å². The molecule has 2 aliphatic heterocycles. The summed E-state index contributed by atoms with van der Waals surface area (Å²) >= 11 is 0. The Kier molecular flexibility index (Phi) is 8.77. The zero-order chi connectivity index (χ0) is 28.8. The first-order valence-electron chi connectivity index (χ1n) is 14.4. The van der Waals surface area contributed by atoms with Crippen LogP contribution in [0.1, 0.15) is 64.2 Å². The maximum absolute atomic E-state index is 13.2. The standard InChI is InChI=1S/C33H38N6O2/c1-33(2,28-6-4-3-5-7-28)39-20-18-38(19-21-39)32(41)27-12-13-30(35-23-27)31(40)36-29-14-16-37(17-15-29)24-26-10-8-25(22-34)9-11-26/h3-13,23,29H,14-21,24H2,1-2H3,(H,36,40). The summed E-state index contributed by atoms with van der Waals surface area (Å²) in [6.07, 6.45) is 3.26. The second-order valence-electron chi connectivity index (χ2n) is 11.5. The fourth-order valence-electron chi connectivity index (χ4n) is 5.77. The third-order valence-electron chi connectivity index (χ3n) is 8.49. The number of piperidine rings is 1. The van der Waals surface area contributed by atoms with Crippen molar-refractivity contribution in [1.29, 1.82) is 5.26 Å². The molecule has 0 unspecified atom stereocenters. The molecule has 41 heavy (non-hydrogen) atoms. The molecule has 2 fully saturated rings. The van der Waals surface area contributed by atoms with Crippen LogP contribution in [0, 0.1) is 11.3 Å². The molecule has 3 heterocycles. The van der Waals surface area contributed by atoms with Gasteiger partial charge in [-0.2, -0.15) is 5.26 Å². The molecular weight excluding hydrogens is 512 g/mol. The average molecular weight is 551 g/mol. The van der Waals surface area contributed by atoms with Crippen molar-refractivity contribution in [2.24, 2.45) is 0 Å². The Morgan fingerprint density at radius 2 is 1.61 bits per heavy atom. The van der Waals surface area contributed by atoms with Gasteiger partial charge >= 0.3 is 0 Å². The Hall–Kier alpha value is -4.06. The quantitative estimate of drug-likeness (QED) is 0.477. The van der Waals surface area contributed by atoms with Crippen LogP contribution in [0.5, 0.6) is 0 Å². The van der Waals surface area contributed by atoms with Crippen LogP contribution in [-0.2, 0) is 12.1 Å². The summed E-state index contributed by atoms with van der Waals surface area (Å²) in [6, 6.07) is 23.8. The molecular formula is C33H38N6O2. The third-order valence-corrected chi connectivity index (χ3v) is 8.49. The molecule has 0 bridgehead atoms. The second kappa shape index (κ2) is 12.6. The van der Waals surface area contributed by atoms with Crippen molar-refractivity contribution < 1.29 is 9.59 Å². The van der Waals surface area contributed by atoms with Gasteiger partial charge in [-0.25, -0.2) is 0 Å². The van der Waals surface area contributed by atoms with Crippen molar-refractivity contribution in [2.45, 2.75) is 44.8 Å². The van der Waals surface area contributed by atoms with Crippen molar-refractivity contribution in [3.05, 3.63) is 101 Å². The number of carbonyl (C=O) groups excluding carboxylic acids is 2. The van der Waals surface area contributed by atoms with E-state index < -0.39 is 0 Å². The van der Waals surface area contributed by atoms with Crippen molar-refractivity contribution >= 4 is 11.8 Å². The summed E-state index contributed by atoms with van der Waals surface area (Å²) < 4.78 is 0. The highest BCUT2D eigenvalue weighted by Gasteiger charge is 2.33. The van der Waals surface area contributed by atoms with E-state index in [4.69, 9.17) is 5.26 Å². The molecule has 5 rings (SSSR count). The Balaban J connectivity index is 1.08. The molecule has 0 spiro atoms. The fraction of sp³-hybridized carbons (Fsp3) is 0.394. The number of pyridine rings is 1. The number of rotatable bonds is 7. The van der Waals surface area contributed by atoms with E-state index in [1.54, 1.807) is 12.1 Å². The van der Waals surface area contributed by atoms with Gasteiger partial charge in [0.05, 0.1) is 17.2 Å². The lowest BCUT2D eigenvalue weighted by Crippen LogP contribution is -2.54. The van der Waals surface area contributed by atoms with E-state index in [0.717, 1.165) is 45.6 Å². The largest absolute Gasteiger partial charge is 0.348 e. The summed E-state index contributed by atoms with van der Waals surface area (Å²) in [5, 5.41) is 12.1. The Bertz CT molecular complexity index is 1370. The summed E-state index contributed by atoms with van der Waals surface area (Å²) in [7, 11) is 0. The van der Waals surface area contributed by atoms with E-state index >= 15 is 0 Å². The topological polar surface area (TPSA) is 92.6 Å². The zero-order valence-electron chi connectivity index (χ0n) is 23.9. The molecule has 8 nitrogen and oxygen atoms in total. The van der Waals surface area contributed by atoms with E-state index in [0.29, 0.717) is 29.9 Å². The van der Waals surface area contributed by atoms with Crippen LogP contribution in [0.4, 0.5) is 0 Å². The lowest BCUT2D eigenvalue weighted by atomic mass is 9.91. The van der Waals surface area contributed by atoms with Gasteiger partial charge in [0.25, 0.3) is 11.8 Å². The summed E-state index contributed by atoms with van der Waals surface area (Å²) in [4.78, 5) is 37.0. The molecule has 0 radical (unpaired) electrons. The van der Waals surface area contributed by atoms with Gasteiger partial charge in [-0.15, -0.1) is 0 Å². The van der Waals surface area contributed by atoms with Gasteiger partial charge in [0.2, 0.25) is 0 Å². The van der Waals surface area contributed by atoms with E-state index in [2.05, 4.69) is 64.3 Å². The van der Waals surface area contributed by atoms with Gasteiger partial charge in [-0.1, -0.05) is 42.5 Å². The molecule has 3 aromatic rings. The van der Waals surface area contributed by atoms with Gasteiger partial charge in [0.1, 0.15) is 5.69 Å². The van der Waals surface area contributed by atoms with Gasteiger partial charge in [-0.05, 0) is 62.1 Å². The minimum absolute atomic E-state index is 0.0451. The number of benzene rings is 2. The van der Waals surface area contributed by atoms with Crippen molar-refractivity contribution in [3.63, 3.8) is 0 Å². The Labute approximate surface area is 242 Å². The monoisotopic (exact) mass is 550 g/mol. The number of nitriles is 1. The summed E-state index contributed by atoms with van der Waals surface area (Å²) in [6.45, 7) is 9.99. The number of amides is 2. The maximum atomic E-state index is 13.2. The first-order chi connectivity index (χ1) is 19.8. The van der Waals surface area contributed by atoms with Crippen LogP contribution >= 0.6 is 0 Å². The number of hydrogen-bond acceptors (Lipinski definition) is 6. The normalized spacial score (nSPS) is 17.1. The predicted octanol–water partition coefficient (Wildman–Crippen LogP) is 4.04. The van der Waals surface area contributed by atoms with Crippen molar-refractivity contribution in [2.75, 3.05) is 39.3 Å². The van der Waals surface area contributed by atoms with Crippen LogP contribution in [-0.4, -0.2) is 76.8 Å². The average Bonchev–Trinajstić information content (AvgIpc) is 3.02. The minimum atomic E-state index is -0.203. The maximum Gasteiger partial charge on any atom is 0.270 e. The van der Waals surface area contributed by atoms with Crippen molar-refractivity contribution in [1.82, 2.24) is 25.0 Å². The molecule has 2 aliphatic rings. The lowest BCUT2D eigenvalue weighted by Gasteiger charge is -2.44. The van der Waals surface area contributed by atoms with Crippen LogP contribution in [0.15, 0.2) is 72.9 Å². The molecule has 8 heteroatoms. The number of carbonyl (C=O) groups is 2. The minimum Gasteiger partial charge on any atom is -0.348 e. The number of aromatic nitrogens is 1. The highest BCUT2D eigenvalue weighted by atomic mass is 16.2. The van der Waals surface area contributed by atoms with Gasteiger partial charge in [0, 0.05) is 63.6 Å². The zero-order valence-corrected chi connectivity index (χ0v) is 23.9. The van der Waals surface area contributed by atoms with Crippen LogP contribution in [0.2, 0.25) is 0 Å². The number of piperazine rings is 1. The third kappa shape index (κ3) is 6.82. The molecule has 1 N–H and O–H groups in total. The number of likely N-dealkylation sites (tertiary alicyclic amines) is 1. The molecule has 2 saturated heterocycles. The van der Waals surface area contributed by atoms with E-state index in [1.807, 2.05) is 35.2 Å². The second-order valence-corrected chi connectivity index (χ2v) is 11.5. The molecule has 0 atom stereocenters. The van der Waals surface area contributed by atoms with E-state index in [1.165, 1.54) is 17.3 Å². The number of hydrogen-bond donors (Lipinski definition) is 1. The molecule has 2 aromatic carbocycles. The highest BCUT2D eigenvalue weighted by molar-refractivity contribution is 5.96.